The lowest BCUT2D eigenvalue weighted by Crippen LogP contribution is -2.00. The zero-order valence-electron chi connectivity index (χ0n) is 8.56. The number of rotatable bonds is 3. The molecule has 0 aliphatic rings. The molecule has 0 aliphatic heterocycles. The monoisotopic (exact) mass is 278 g/mol. The first-order chi connectivity index (χ1) is 7.74. The van der Waals surface area contributed by atoms with Crippen molar-refractivity contribution in [2.24, 2.45) is 0 Å². The summed E-state index contributed by atoms with van der Waals surface area (Å²) in [5.74, 6) is 1.32. The molecule has 0 fully saturated rings. The van der Waals surface area contributed by atoms with Gasteiger partial charge in [0, 0.05) is 4.47 Å². The molecule has 2 aromatic rings. The fourth-order valence-corrected chi connectivity index (χ4v) is 1.53. The molecule has 3 nitrogen and oxygen atoms in total. The summed E-state index contributed by atoms with van der Waals surface area (Å²) in [4.78, 5) is 4.15. The van der Waals surface area contributed by atoms with Gasteiger partial charge in [-0.05, 0) is 36.4 Å². The predicted octanol–water partition coefficient (Wildman–Crippen LogP) is 3.01. The number of nitrogens with two attached hydrogens (primary N) is 1. The molecule has 82 valence electrons. The van der Waals surface area contributed by atoms with Crippen LogP contribution in [0.4, 0.5) is 5.82 Å². The number of hydrogen-bond donors (Lipinski definition) is 1. The summed E-state index contributed by atoms with van der Waals surface area (Å²) in [6.07, 6.45) is 0. The van der Waals surface area contributed by atoms with Gasteiger partial charge in [0.1, 0.15) is 18.2 Å². The highest BCUT2D eigenvalue weighted by Gasteiger charge is 1.97. The Labute approximate surface area is 102 Å². The first-order valence-corrected chi connectivity index (χ1v) is 5.63. The molecular weight excluding hydrogens is 268 g/mol. The smallest absolute Gasteiger partial charge is 0.130 e. The van der Waals surface area contributed by atoms with E-state index < -0.39 is 0 Å². The summed E-state index contributed by atoms with van der Waals surface area (Å²) in [6, 6.07) is 13.2. The Morgan fingerprint density at radius 3 is 2.56 bits per heavy atom. The van der Waals surface area contributed by atoms with Crippen LogP contribution in [0.2, 0.25) is 0 Å². The van der Waals surface area contributed by atoms with Crippen molar-refractivity contribution in [2.45, 2.75) is 6.61 Å². The van der Waals surface area contributed by atoms with Crippen molar-refractivity contribution in [2.75, 3.05) is 5.73 Å². The molecule has 0 atom stereocenters. The van der Waals surface area contributed by atoms with Crippen LogP contribution in [-0.2, 0) is 6.61 Å². The van der Waals surface area contributed by atoms with E-state index in [0.717, 1.165) is 15.9 Å². The molecule has 1 aromatic heterocycles. The third-order valence-corrected chi connectivity index (χ3v) is 2.56. The fraction of sp³-hybridized carbons (Fsp3) is 0.0833. The first kappa shape index (κ1) is 11.0. The summed E-state index contributed by atoms with van der Waals surface area (Å²) in [5.41, 5.74) is 6.40. The average molecular weight is 279 g/mol. The van der Waals surface area contributed by atoms with E-state index in [-0.39, 0.29) is 0 Å². The Kier molecular flexibility index (Phi) is 3.41. The Morgan fingerprint density at radius 2 is 1.88 bits per heavy atom. The quantitative estimate of drug-likeness (QED) is 0.939. The van der Waals surface area contributed by atoms with Crippen molar-refractivity contribution < 1.29 is 4.74 Å². The van der Waals surface area contributed by atoms with Crippen molar-refractivity contribution in [3.05, 3.63) is 52.6 Å². The summed E-state index contributed by atoms with van der Waals surface area (Å²) in [5, 5.41) is 0. The number of nitrogen functional groups attached to an aromatic ring is 1. The SMILES string of the molecule is Nc1cccc(COc2ccc(Br)cc2)n1. The number of nitrogens with zero attached hydrogens (tertiary/aromatic N) is 1. The minimum absolute atomic E-state index is 0.423. The van der Waals surface area contributed by atoms with Gasteiger partial charge < -0.3 is 10.5 Å². The third kappa shape index (κ3) is 2.97. The van der Waals surface area contributed by atoms with Gasteiger partial charge in [-0.1, -0.05) is 22.0 Å². The van der Waals surface area contributed by atoms with Crippen LogP contribution >= 0.6 is 15.9 Å². The van der Waals surface area contributed by atoms with Crippen LogP contribution in [0.15, 0.2) is 46.9 Å². The fourth-order valence-electron chi connectivity index (χ4n) is 1.27. The highest BCUT2D eigenvalue weighted by Crippen LogP contribution is 2.17. The van der Waals surface area contributed by atoms with Gasteiger partial charge in [-0.3, -0.25) is 0 Å². The Bertz CT molecular complexity index is 471. The Balaban J connectivity index is 1.99. The molecular formula is C12H11BrN2O. The highest BCUT2D eigenvalue weighted by atomic mass is 79.9. The van der Waals surface area contributed by atoms with Crippen molar-refractivity contribution in [1.29, 1.82) is 0 Å². The molecule has 0 bridgehead atoms. The molecule has 0 spiro atoms. The zero-order chi connectivity index (χ0) is 11.4. The van der Waals surface area contributed by atoms with Gasteiger partial charge in [0.25, 0.3) is 0 Å². The Morgan fingerprint density at radius 1 is 1.12 bits per heavy atom. The predicted molar refractivity (Wildman–Crippen MR) is 67.1 cm³/mol. The van der Waals surface area contributed by atoms with E-state index in [1.54, 1.807) is 6.07 Å². The maximum absolute atomic E-state index is 5.57. The van der Waals surface area contributed by atoms with E-state index in [0.29, 0.717) is 12.4 Å². The lowest BCUT2D eigenvalue weighted by atomic mass is 10.3. The van der Waals surface area contributed by atoms with Gasteiger partial charge in [-0.25, -0.2) is 4.98 Å². The summed E-state index contributed by atoms with van der Waals surface area (Å²) < 4.78 is 6.59. The normalized spacial score (nSPS) is 10.1. The maximum Gasteiger partial charge on any atom is 0.130 e. The zero-order valence-corrected chi connectivity index (χ0v) is 10.1. The second-order valence-corrected chi connectivity index (χ2v) is 4.21. The molecule has 0 aliphatic carbocycles. The molecule has 0 saturated carbocycles. The van der Waals surface area contributed by atoms with Crippen LogP contribution in [0.5, 0.6) is 5.75 Å². The van der Waals surface area contributed by atoms with Crippen LogP contribution in [0.25, 0.3) is 0 Å². The van der Waals surface area contributed by atoms with Crippen molar-refractivity contribution in [3.63, 3.8) is 0 Å². The van der Waals surface area contributed by atoms with Crippen molar-refractivity contribution in [3.8, 4) is 5.75 Å². The number of anilines is 1. The van der Waals surface area contributed by atoms with Crippen LogP contribution in [-0.4, -0.2) is 4.98 Å². The number of halogens is 1. The van der Waals surface area contributed by atoms with Gasteiger partial charge >= 0.3 is 0 Å². The van der Waals surface area contributed by atoms with Gasteiger partial charge in [0.15, 0.2) is 0 Å². The number of hydrogen-bond acceptors (Lipinski definition) is 3. The molecule has 2 rings (SSSR count). The van der Waals surface area contributed by atoms with Gasteiger partial charge in [0.2, 0.25) is 0 Å². The minimum atomic E-state index is 0.423. The molecule has 2 N–H and O–H groups in total. The van der Waals surface area contributed by atoms with Crippen LogP contribution < -0.4 is 10.5 Å². The number of ether oxygens (including phenoxy) is 1. The Hall–Kier alpha value is -1.55. The van der Waals surface area contributed by atoms with Crippen LogP contribution in [0, 0.1) is 0 Å². The molecule has 0 radical (unpaired) electrons. The number of pyridine rings is 1. The molecule has 0 saturated heterocycles. The highest BCUT2D eigenvalue weighted by molar-refractivity contribution is 9.10. The van der Waals surface area contributed by atoms with E-state index >= 15 is 0 Å². The van der Waals surface area contributed by atoms with E-state index in [1.807, 2.05) is 36.4 Å². The van der Waals surface area contributed by atoms with Gasteiger partial charge in [0.05, 0.1) is 5.69 Å². The summed E-state index contributed by atoms with van der Waals surface area (Å²) >= 11 is 3.37. The van der Waals surface area contributed by atoms with Crippen LogP contribution in [0.1, 0.15) is 5.69 Å². The lowest BCUT2D eigenvalue weighted by molar-refractivity contribution is 0.301. The van der Waals surface area contributed by atoms with Gasteiger partial charge in [-0.15, -0.1) is 0 Å². The second-order valence-electron chi connectivity index (χ2n) is 3.30. The molecule has 16 heavy (non-hydrogen) atoms. The van der Waals surface area contributed by atoms with Crippen LogP contribution in [0.3, 0.4) is 0 Å². The topological polar surface area (TPSA) is 48.1 Å². The molecule has 0 unspecified atom stereocenters. The third-order valence-electron chi connectivity index (χ3n) is 2.03. The first-order valence-electron chi connectivity index (χ1n) is 4.84. The molecule has 1 aromatic carbocycles. The molecule has 0 amide bonds. The van der Waals surface area contributed by atoms with Crippen molar-refractivity contribution >= 4 is 21.7 Å². The van der Waals surface area contributed by atoms with Gasteiger partial charge in [-0.2, -0.15) is 0 Å². The second kappa shape index (κ2) is 4.99. The van der Waals surface area contributed by atoms with E-state index in [9.17, 15) is 0 Å². The minimum Gasteiger partial charge on any atom is -0.487 e. The van der Waals surface area contributed by atoms with E-state index in [2.05, 4.69) is 20.9 Å². The lowest BCUT2D eigenvalue weighted by Gasteiger charge is -2.05. The number of benzene rings is 1. The maximum atomic E-state index is 5.57. The molecule has 4 heteroatoms. The average Bonchev–Trinajstić information content (AvgIpc) is 2.28. The van der Waals surface area contributed by atoms with E-state index in [4.69, 9.17) is 10.5 Å². The summed E-state index contributed by atoms with van der Waals surface area (Å²) in [7, 11) is 0. The van der Waals surface area contributed by atoms with Crippen molar-refractivity contribution in [1.82, 2.24) is 4.98 Å². The summed E-state index contributed by atoms with van der Waals surface area (Å²) in [6.45, 7) is 0.423. The molecule has 1 heterocycles. The number of aromatic nitrogens is 1. The van der Waals surface area contributed by atoms with E-state index in [1.165, 1.54) is 0 Å². The standard InChI is InChI=1S/C12H11BrN2O/c13-9-4-6-11(7-5-9)16-8-10-2-1-3-12(14)15-10/h1-7H,8H2,(H2,14,15). The largest absolute Gasteiger partial charge is 0.487 e.